The number of hydrogen-bond acceptors (Lipinski definition) is 4. The molecule has 8 nitrogen and oxygen atoms in total. The smallest absolute Gasteiger partial charge is 0.419 e. The number of carbonyl (C=O) groups is 2. The first-order valence-electron chi connectivity index (χ1n) is 7.76. The minimum absolute atomic E-state index is 0.558. The van der Waals surface area contributed by atoms with Gasteiger partial charge in [0.2, 0.25) is 0 Å². The Balaban J connectivity index is 2.57. The first-order chi connectivity index (χ1) is 11.7. The molecule has 0 radical (unpaired) electrons. The third kappa shape index (κ3) is 3.92. The van der Waals surface area contributed by atoms with Crippen LogP contribution in [0.1, 0.15) is 39.2 Å². The topological polar surface area (TPSA) is 117 Å². The third-order valence-corrected chi connectivity index (χ3v) is 3.73. The lowest BCUT2D eigenvalue weighted by Gasteiger charge is -2.19. The lowest BCUT2D eigenvalue weighted by Crippen LogP contribution is -2.27. The van der Waals surface area contributed by atoms with E-state index in [1.807, 2.05) is 0 Å². The van der Waals surface area contributed by atoms with E-state index in [9.17, 15) is 14.7 Å². The maximum atomic E-state index is 12.5. The Labute approximate surface area is 144 Å². The van der Waals surface area contributed by atoms with Gasteiger partial charge in [0.25, 0.3) is 0 Å². The zero-order valence-corrected chi connectivity index (χ0v) is 14.5. The number of carboxylic acid groups (broad SMARTS) is 1. The number of para-hydroxylation sites is 1. The zero-order valence-electron chi connectivity index (χ0n) is 14.5. The van der Waals surface area contributed by atoms with Crippen LogP contribution in [0.5, 0.6) is 0 Å². The molecule has 0 saturated carbocycles. The molecular formula is C17H20N4O4. The van der Waals surface area contributed by atoms with E-state index >= 15 is 0 Å². The van der Waals surface area contributed by atoms with Gasteiger partial charge in [0, 0.05) is 22.4 Å². The molecule has 0 spiro atoms. The first kappa shape index (κ1) is 18.4. The highest BCUT2D eigenvalue weighted by Gasteiger charge is 2.29. The van der Waals surface area contributed by atoms with Gasteiger partial charge in [0.15, 0.2) is 0 Å². The van der Waals surface area contributed by atoms with Gasteiger partial charge in [-0.3, -0.25) is 9.36 Å². The summed E-state index contributed by atoms with van der Waals surface area (Å²) in [6.07, 6.45) is 0.990. The van der Waals surface area contributed by atoms with Gasteiger partial charge < -0.3 is 9.84 Å². The highest BCUT2D eigenvalue weighted by Crippen LogP contribution is 2.31. The number of benzene rings is 1. The Morgan fingerprint density at radius 2 is 1.96 bits per heavy atom. The molecule has 0 aliphatic heterocycles. The fraction of sp³-hybridized carbons (Fsp3) is 0.412. The van der Waals surface area contributed by atoms with Crippen LogP contribution >= 0.6 is 0 Å². The number of nitrogens with zero attached hydrogens (tertiary/aromatic N) is 4. The number of ether oxygens (including phenoxy) is 1. The SMILES string of the molecule is CC(c1cn(C(=O)OC(C)(C)C)c2ccccc12)C(N=[N+]=[N-])C(=O)O. The van der Waals surface area contributed by atoms with Gasteiger partial charge in [0.1, 0.15) is 11.6 Å². The van der Waals surface area contributed by atoms with Crippen molar-refractivity contribution in [2.75, 3.05) is 0 Å². The van der Waals surface area contributed by atoms with Crippen LogP contribution in [0.15, 0.2) is 35.6 Å². The van der Waals surface area contributed by atoms with E-state index in [0.29, 0.717) is 16.5 Å². The fourth-order valence-electron chi connectivity index (χ4n) is 2.62. The largest absolute Gasteiger partial charge is 0.481 e. The molecule has 1 aromatic heterocycles. The number of hydrogen-bond donors (Lipinski definition) is 1. The third-order valence-electron chi connectivity index (χ3n) is 3.73. The van der Waals surface area contributed by atoms with Crippen LogP contribution in [-0.4, -0.2) is 33.4 Å². The lowest BCUT2D eigenvalue weighted by atomic mass is 9.93. The van der Waals surface area contributed by atoms with Gasteiger partial charge in [-0.05, 0) is 37.9 Å². The van der Waals surface area contributed by atoms with Gasteiger partial charge in [-0.25, -0.2) is 4.79 Å². The Hall–Kier alpha value is -2.99. The second-order valence-corrected chi connectivity index (χ2v) is 6.73. The van der Waals surface area contributed by atoms with E-state index in [1.165, 1.54) is 4.57 Å². The number of aliphatic carboxylic acids is 1. The molecule has 1 N–H and O–H groups in total. The molecule has 0 aliphatic rings. The van der Waals surface area contributed by atoms with Crippen molar-refractivity contribution >= 4 is 23.0 Å². The molecule has 2 rings (SSSR count). The molecule has 1 aromatic carbocycles. The van der Waals surface area contributed by atoms with E-state index in [2.05, 4.69) is 10.0 Å². The van der Waals surface area contributed by atoms with E-state index in [0.717, 1.165) is 0 Å². The summed E-state index contributed by atoms with van der Waals surface area (Å²) in [6.45, 7) is 6.95. The molecule has 132 valence electrons. The molecule has 0 saturated heterocycles. The zero-order chi connectivity index (χ0) is 18.8. The van der Waals surface area contributed by atoms with Crippen LogP contribution in [0.2, 0.25) is 0 Å². The van der Waals surface area contributed by atoms with Crippen molar-refractivity contribution in [1.29, 1.82) is 0 Å². The van der Waals surface area contributed by atoms with Crippen molar-refractivity contribution in [3.8, 4) is 0 Å². The number of carbonyl (C=O) groups excluding carboxylic acids is 1. The summed E-state index contributed by atoms with van der Waals surface area (Å²) < 4.78 is 6.75. The van der Waals surface area contributed by atoms with E-state index in [-0.39, 0.29) is 0 Å². The van der Waals surface area contributed by atoms with Gasteiger partial charge >= 0.3 is 12.1 Å². The quantitative estimate of drug-likeness (QED) is 0.505. The Kier molecular flexibility index (Phi) is 5.04. The van der Waals surface area contributed by atoms with E-state index in [1.54, 1.807) is 58.2 Å². The monoisotopic (exact) mass is 344 g/mol. The van der Waals surface area contributed by atoms with Crippen molar-refractivity contribution in [3.05, 3.63) is 46.5 Å². The summed E-state index contributed by atoms with van der Waals surface area (Å²) in [6, 6.07) is 5.83. The standard InChI is InChI=1S/C17H20N4O4/c1-10(14(15(22)23)19-20-18)12-9-21(16(24)25-17(2,3)4)13-8-6-5-7-11(12)13/h5-10,14H,1-4H3,(H,22,23). The number of azide groups is 1. The van der Waals surface area contributed by atoms with Gasteiger partial charge in [-0.15, -0.1) is 0 Å². The molecule has 2 aromatic rings. The molecular weight excluding hydrogens is 324 g/mol. The number of carboxylic acids is 1. The summed E-state index contributed by atoms with van der Waals surface area (Å²) in [5.74, 6) is -1.85. The highest BCUT2D eigenvalue weighted by molar-refractivity contribution is 5.93. The predicted molar refractivity (Wildman–Crippen MR) is 92.6 cm³/mol. The normalized spacial score (nSPS) is 13.8. The van der Waals surface area contributed by atoms with Crippen LogP contribution in [0.25, 0.3) is 21.3 Å². The fourth-order valence-corrected chi connectivity index (χ4v) is 2.62. The summed E-state index contributed by atoms with van der Waals surface area (Å²) in [7, 11) is 0. The minimum atomic E-state index is -1.28. The molecule has 1 heterocycles. The molecule has 0 fully saturated rings. The van der Waals surface area contributed by atoms with Crippen molar-refractivity contribution in [3.63, 3.8) is 0 Å². The summed E-state index contributed by atoms with van der Waals surface area (Å²) >= 11 is 0. The van der Waals surface area contributed by atoms with Crippen molar-refractivity contribution in [2.45, 2.75) is 45.3 Å². The van der Waals surface area contributed by atoms with Gasteiger partial charge in [0.05, 0.1) is 5.52 Å². The molecule has 2 atom stereocenters. The summed E-state index contributed by atoms with van der Waals surface area (Å²) in [5.41, 5.74) is 9.17. The number of fused-ring (bicyclic) bond motifs is 1. The molecule has 0 aliphatic carbocycles. The first-order valence-corrected chi connectivity index (χ1v) is 7.76. The maximum absolute atomic E-state index is 12.5. The van der Waals surface area contributed by atoms with Crippen LogP contribution in [0.3, 0.4) is 0 Å². The summed E-state index contributed by atoms with van der Waals surface area (Å²) in [5, 5.41) is 13.4. The molecule has 8 heteroatoms. The number of rotatable bonds is 4. The molecule has 2 unspecified atom stereocenters. The number of aromatic nitrogens is 1. The summed E-state index contributed by atoms with van der Waals surface area (Å²) in [4.78, 5) is 26.5. The van der Waals surface area contributed by atoms with Crippen molar-refractivity contribution in [2.24, 2.45) is 5.11 Å². The second-order valence-electron chi connectivity index (χ2n) is 6.73. The van der Waals surface area contributed by atoms with Crippen molar-refractivity contribution in [1.82, 2.24) is 4.57 Å². The minimum Gasteiger partial charge on any atom is -0.481 e. The molecule has 0 amide bonds. The van der Waals surface area contributed by atoms with E-state index in [4.69, 9.17) is 10.3 Å². The maximum Gasteiger partial charge on any atom is 0.419 e. The van der Waals surface area contributed by atoms with Gasteiger partial charge in [-0.1, -0.05) is 30.2 Å². The Morgan fingerprint density at radius 1 is 1.32 bits per heavy atom. The predicted octanol–water partition coefficient (Wildman–Crippen LogP) is 4.29. The van der Waals surface area contributed by atoms with Crippen molar-refractivity contribution < 1.29 is 19.4 Å². The average Bonchev–Trinajstić information content (AvgIpc) is 2.90. The average molecular weight is 344 g/mol. The second kappa shape index (κ2) is 6.86. The Bertz CT molecular complexity index is 857. The molecule has 0 bridgehead atoms. The highest BCUT2D eigenvalue weighted by atomic mass is 16.6. The molecule has 25 heavy (non-hydrogen) atoms. The van der Waals surface area contributed by atoms with Crippen LogP contribution < -0.4 is 0 Å². The van der Waals surface area contributed by atoms with Gasteiger partial charge in [-0.2, -0.15) is 0 Å². The van der Waals surface area contributed by atoms with Crippen LogP contribution in [0, 0.1) is 0 Å². The lowest BCUT2D eigenvalue weighted by molar-refractivity contribution is -0.138. The van der Waals surface area contributed by atoms with E-state index < -0.39 is 29.6 Å². The van der Waals surface area contributed by atoms with Crippen LogP contribution in [0.4, 0.5) is 4.79 Å². The van der Waals surface area contributed by atoms with Crippen LogP contribution in [-0.2, 0) is 9.53 Å². The Morgan fingerprint density at radius 3 is 2.52 bits per heavy atom.